The number of furan rings is 1. The first-order valence-corrected chi connectivity index (χ1v) is 11.7. The second-order valence-electron chi connectivity index (χ2n) is 9.58. The van der Waals surface area contributed by atoms with Crippen molar-refractivity contribution in [2.24, 2.45) is 5.92 Å². The molecule has 2 amide bonds. The number of carbonyl (C=O) groups excluding carboxylic acids is 2. The second-order valence-corrected chi connectivity index (χ2v) is 9.58. The highest BCUT2D eigenvalue weighted by Crippen LogP contribution is 2.34. The lowest BCUT2D eigenvalue weighted by Gasteiger charge is -2.45. The lowest BCUT2D eigenvalue weighted by molar-refractivity contribution is -0.134. The number of nitrogens with one attached hydrogen (secondary N) is 1. The van der Waals surface area contributed by atoms with Gasteiger partial charge in [0.1, 0.15) is 17.0 Å². The van der Waals surface area contributed by atoms with E-state index in [-0.39, 0.29) is 24.4 Å². The van der Waals surface area contributed by atoms with Crippen molar-refractivity contribution in [3.63, 3.8) is 0 Å². The van der Waals surface area contributed by atoms with Gasteiger partial charge in [0.15, 0.2) is 0 Å². The quantitative estimate of drug-likeness (QED) is 0.635. The topological polar surface area (TPSA) is 80.4 Å². The minimum atomic E-state index is -1.06. The first-order chi connectivity index (χ1) is 16.0. The average molecular weight is 447 g/mol. The molecule has 1 aliphatic heterocycles. The maximum absolute atomic E-state index is 13.8. The number of carbonyl (C=O) groups is 2. The van der Waals surface area contributed by atoms with E-state index in [0.29, 0.717) is 23.9 Å². The number of hydrogen-bond acceptors (Lipinski definition) is 4. The van der Waals surface area contributed by atoms with Crippen LogP contribution in [0.1, 0.15) is 55.7 Å². The van der Waals surface area contributed by atoms with Crippen molar-refractivity contribution >= 4 is 11.8 Å². The molecule has 0 bridgehead atoms. The molecule has 3 aromatic rings. The van der Waals surface area contributed by atoms with Crippen molar-refractivity contribution in [3.05, 3.63) is 66.3 Å². The molecule has 33 heavy (non-hydrogen) atoms. The van der Waals surface area contributed by atoms with E-state index in [2.05, 4.69) is 17.2 Å². The summed E-state index contributed by atoms with van der Waals surface area (Å²) in [5.74, 6) is 1.08. The van der Waals surface area contributed by atoms with Crippen LogP contribution >= 0.6 is 0 Å². The van der Waals surface area contributed by atoms with E-state index < -0.39 is 5.54 Å². The summed E-state index contributed by atoms with van der Waals surface area (Å²) in [4.78, 5) is 33.6. The number of fused-ring (bicyclic) bond motifs is 1. The summed E-state index contributed by atoms with van der Waals surface area (Å²) in [6, 6.07) is 13.2. The summed E-state index contributed by atoms with van der Waals surface area (Å²) in [7, 11) is 0. The summed E-state index contributed by atoms with van der Waals surface area (Å²) in [6.07, 6.45) is 7.50. The monoisotopic (exact) mass is 446 g/mol. The van der Waals surface area contributed by atoms with E-state index >= 15 is 0 Å². The van der Waals surface area contributed by atoms with E-state index in [4.69, 9.17) is 4.42 Å². The van der Waals surface area contributed by atoms with E-state index in [0.717, 1.165) is 37.1 Å². The summed E-state index contributed by atoms with van der Waals surface area (Å²) in [5.41, 5.74) is 1.04. The van der Waals surface area contributed by atoms with Gasteiger partial charge in [0.25, 0.3) is 5.91 Å². The molecule has 172 valence electrons. The molecular formula is C26H30N4O3. The Kier molecular flexibility index (Phi) is 5.56. The number of hydrogen-bond donors (Lipinski definition) is 1. The highest BCUT2D eigenvalue weighted by Gasteiger charge is 2.48. The zero-order valence-electron chi connectivity index (χ0n) is 19.2. The first-order valence-electron chi connectivity index (χ1n) is 11.7. The highest BCUT2D eigenvalue weighted by atomic mass is 16.3. The molecule has 3 aromatic heterocycles. The third-order valence-corrected chi connectivity index (χ3v) is 7.17. The van der Waals surface area contributed by atoms with Crippen molar-refractivity contribution < 1.29 is 14.0 Å². The molecule has 1 saturated carbocycles. The minimum absolute atomic E-state index is 0.115. The summed E-state index contributed by atoms with van der Waals surface area (Å²) in [6.45, 7) is 4.74. The van der Waals surface area contributed by atoms with Crippen LogP contribution < -0.4 is 5.32 Å². The lowest BCUT2D eigenvalue weighted by Crippen LogP contribution is -2.64. The Bertz CT molecular complexity index is 1130. The lowest BCUT2D eigenvalue weighted by atomic mass is 9.86. The van der Waals surface area contributed by atoms with Gasteiger partial charge in [0.05, 0.1) is 30.7 Å². The van der Waals surface area contributed by atoms with E-state index in [9.17, 15) is 9.59 Å². The summed E-state index contributed by atoms with van der Waals surface area (Å²) >= 11 is 0. The highest BCUT2D eigenvalue weighted by molar-refractivity contribution is 6.00. The van der Waals surface area contributed by atoms with Crippen LogP contribution in [-0.4, -0.2) is 37.8 Å². The van der Waals surface area contributed by atoms with Crippen molar-refractivity contribution in [2.75, 3.05) is 0 Å². The zero-order valence-corrected chi connectivity index (χ0v) is 19.2. The fourth-order valence-electron chi connectivity index (χ4n) is 5.06. The predicted molar refractivity (Wildman–Crippen MR) is 124 cm³/mol. The fraction of sp³-hybridized carbons (Fsp3) is 0.423. The first kappa shape index (κ1) is 21.5. The molecule has 1 atom stereocenters. The van der Waals surface area contributed by atoms with Crippen LogP contribution in [0.15, 0.2) is 59.3 Å². The average Bonchev–Trinajstić information content (AvgIpc) is 3.49. The van der Waals surface area contributed by atoms with Crippen LogP contribution in [0.5, 0.6) is 0 Å². The number of aromatic nitrogens is 2. The van der Waals surface area contributed by atoms with Gasteiger partial charge < -0.3 is 19.2 Å². The summed E-state index contributed by atoms with van der Waals surface area (Å²) < 4.78 is 7.52. The number of amides is 2. The molecule has 1 aliphatic carbocycles. The van der Waals surface area contributed by atoms with E-state index in [1.807, 2.05) is 54.0 Å². The zero-order chi connectivity index (χ0) is 23.0. The molecule has 0 spiro atoms. The number of rotatable bonds is 5. The molecule has 1 fully saturated rings. The standard InChI is InChI=1S/C26H30N4O3/c1-18-8-10-19(11-9-18)28-25(32)26(2)17-29-21(23-7-5-15-33-23)12-13-22(29)24(31)30(26)16-20-6-3-4-14-27-20/h3-7,12-15,18-19H,8-11,16-17H2,1-2H3,(H,28,32)/t18?,19?,26-/m1/s1. The van der Waals surface area contributed by atoms with Gasteiger partial charge in [-0.15, -0.1) is 0 Å². The molecule has 1 N–H and O–H groups in total. The molecule has 0 radical (unpaired) electrons. The molecule has 0 unspecified atom stereocenters. The Balaban J connectivity index is 1.50. The van der Waals surface area contributed by atoms with Gasteiger partial charge >= 0.3 is 0 Å². The van der Waals surface area contributed by atoms with Crippen molar-refractivity contribution in [1.82, 2.24) is 19.8 Å². The van der Waals surface area contributed by atoms with Gasteiger partial charge in [-0.3, -0.25) is 14.6 Å². The van der Waals surface area contributed by atoms with Gasteiger partial charge in [-0.2, -0.15) is 0 Å². The number of pyridine rings is 1. The Morgan fingerprint density at radius 1 is 1.12 bits per heavy atom. The Morgan fingerprint density at radius 2 is 1.91 bits per heavy atom. The second kappa shape index (κ2) is 8.54. The molecule has 7 heteroatoms. The van der Waals surface area contributed by atoms with E-state index in [1.165, 1.54) is 0 Å². The van der Waals surface area contributed by atoms with E-state index in [1.54, 1.807) is 17.4 Å². The largest absolute Gasteiger partial charge is 0.463 e. The Hall–Kier alpha value is -3.35. The van der Waals surface area contributed by atoms with Gasteiger partial charge in [-0.05, 0) is 74.9 Å². The van der Waals surface area contributed by atoms with Gasteiger partial charge in [-0.1, -0.05) is 13.0 Å². The van der Waals surface area contributed by atoms with Crippen LogP contribution in [0.25, 0.3) is 11.5 Å². The SMILES string of the molecule is CC1CCC(NC(=O)[C@@]2(C)Cn3c(ccc3-c3ccco3)C(=O)N2Cc2ccccn2)CC1. The fourth-order valence-corrected chi connectivity index (χ4v) is 5.06. The predicted octanol–water partition coefficient (Wildman–Crippen LogP) is 4.25. The van der Waals surface area contributed by atoms with Crippen LogP contribution in [0, 0.1) is 5.92 Å². The van der Waals surface area contributed by atoms with Crippen molar-refractivity contribution in [3.8, 4) is 11.5 Å². The Morgan fingerprint density at radius 3 is 2.61 bits per heavy atom. The summed E-state index contributed by atoms with van der Waals surface area (Å²) in [5, 5.41) is 3.27. The van der Waals surface area contributed by atoms with Gasteiger partial charge in [0.2, 0.25) is 5.91 Å². The minimum Gasteiger partial charge on any atom is -0.463 e. The normalized spacial score (nSPS) is 25.0. The molecule has 5 rings (SSSR count). The van der Waals surface area contributed by atoms with Gasteiger partial charge in [0, 0.05) is 12.2 Å². The molecule has 0 aromatic carbocycles. The third-order valence-electron chi connectivity index (χ3n) is 7.17. The van der Waals surface area contributed by atoms with Crippen LogP contribution in [-0.2, 0) is 17.9 Å². The molecule has 2 aliphatic rings. The molecule has 0 saturated heterocycles. The van der Waals surface area contributed by atoms with Crippen LogP contribution in [0.3, 0.4) is 0 Å². The molecule has 4 heterocycles. The maximum atomic E-state index is 13.8. The van der Waals surface area contributed by atoms with Crippen molar-refractivity contribution in [2.45, 2.75) is 64.2 Å². The van der Waals surface area contributed by atoms with Crippen LogP contribution in [0.2, 0.25) is 0 Å². The molecule has 7 nitrogen and oxygen atoms in total. The number of nitrogens with zero attached hydrogens (tertiary/aromatic N) is 3. The van der Waals surface area contributed by atoms with Crippen molar-refractivity contribution in [1.29, 1.82) is 0 Å². The van der Waals surface area contributed by atoms with Gasteiger partial charge in [-0.25, -0.2) is 0 Å². The smallest absolute Gasteiger partial charge is 0.271 e. The molecular weight excluding hydrogens is 416 g/mol. The maximum Gasteiger partial charge on any atom is 0.271 e. The third kappa shape index (κ3) is 3.96. The van der Waals surface area contributed by atoms with Crippen LogP contribution in [0.4, 0.5) is 0 Å². The Labute approximate surface area is 193 Å².